The van der Waals surface area contributed by atoms with Crippen LogP contribution < -0.4 is 5.32 Å². The molecule has 0 fully saturated rings. The molecule has 4 heteroatoms. The van der Waals surface area contributed by atoms with E-state index in [1.807, 2.05) is 30.3 Å². The molecular weight excluding hydrogens is 364 g/mol. The predicted octanol–water partition coefficient (Wildman–Crippen LogP) is 6.57. The van der Waals surface area contributed by atoms with E-state index >= 15 is 0 Å². The van der Waals surface area contributed by atoms with Crippen LogP contribution in [0.1, 0.15) is 31.1 Å². The Labute approximate surface area is 169 Å². The monoisotopic (exact) mass is 388 g/mol. The van der Waals surface area contributed by atoms with Gasteiger partial charge in [0, 0.05) is 44.2 Å². The summed E-state index contributed by atoms with van der Waals surface area (Å²) in [5.41, 5.74) is 3.96. The fourth-order valence-corrected chi connectivity index (χ4v) is 4.63. The number of anilines is 1. The summed E-state index contributed by atoms with van der Waals surface area (Å²) in [6.45, 7) is 7.34. The summed E-state index contributed by atoms with van der Waals surface area (Å²) in [7, 11) is 0. The number of thioether (sulfide) groups is 1. The molecule has 28 heavy (non-hydrogen) atoms. The molecule has 0 saturated heterocycles. The van der Waals surface area contributed by atoms with E-state index in [1.165, 1.54) is 21.8 Å². The van der Waals surface area contributed by atoms with Crippen LogP contribution in [0.3, 0.4) is 0 Å². The number of amides is 1. The third-order valence-corrected chi connectivity index (χ3v) is 5.92. The fourth-order valence-electron chi connectivity index (χ4n) is 3.68. The number of aryl methyl sites for hydroxylation is 1. The second-order valence-corrected chi connectivity index (χ2v) is 8.73. The fraction of sp³-hybridized carbons (Fsp3) is 0.208. The van der Waals surface area contributed by atoms with Crippen molar-refractivity contribution < 1.29 is 4.79 Å². The van der Waals surface area contributed by atoms with Crippen molar-refractivity contribution in [2.75, 3.05) is 5.32 Å². The lowest BCUT2D eigenvalue weighted by Gasteiger charge is -2.12. The molecular formula is C24H24N2OS. The molecule has 1 N–H and O–H groups in total. The van der Waals surface area contributed by atoms with Gasteiger partial charge in [0.15, 0.2) is 0 Å². The number of fused-ring (bicyclic) bond motifs is 3. The van der Waals surface area contributed by atoms with Gasteiger partial charge in [0.25, 0.3) is 5.91 Å². The maximum atomic E-state index is 12.9. The third-order valence-electron chi connectivity index (χ3n) is 4.84. The van der Waals surface area contributed by atoms with Gasteiger partial charge in [-0.25, -0.2) is 0 Å². The molecule has 4 aromatic rings. The minimum absolute atomic E-state index is 0.0673. The number of benzene rings is 3. The van der Waals surface area contributed by atoms with Crippen LogP contribution in [0.5, 0.6) is 0 Å². The van der Waals surface area contributed by atoms with Gasteiger partial charge in [-0.1, -0.05) is 44.2 Å². The molecule has 1 heterocycles. The number of carbonyl (C=O) groups is 1. The Hall–Kier alpha value is -2.72. The van der Waals surface area contributed by atoms with Crippen LogP contribution in [-0.2, 0) is 6.54 Å². The number of carbonyl (C=O) groups excluding carboxylic acids is 1. The summed E-state index contributed by atoms with van der Waals surface area (Å²) in [6.07, 6.45) is 0. The van der Waals surface area contributed by atoms with Crippen molar-refractivity contribution in [1.29, 1.82) is 0 Å². The number of aromatic nitrogens is 1. The van der Waals surface area contributed by atoms with Crippen LogP contribution in [-0.4, -0.2) is 15.7 Å². The quantitative estimate of drug-likeness (QED) is 0.392. The van der Waals surface area contributed by atoms with Gasteiger partial charge in [-0.2, -0.15) is 0 Å². The summed E-state index contributed by atoms with van der Waals surface area (Å²) in [6, 6.07) is 22.4. The first-order valence-corrected chi connectivity index (χ1v) is 10.5. The molecule has 3 aromatic carbocycles. The molecule has 3 nitrogen and oxygen atoms in total. The minimum Gasteiger partial charge on any atom is -0.341 e. The molecule has 0 saturated carbocycles. The Morgan fingerprint density at radius 2 is 1.68 bits per heavy atom. The van der Waals surface area contributed by atoms with Gasteiger partial charge in [0.05, 0.1) is 5.56 Å². The van der Waals surface area contributed by atoms with Gasteiger partial charge in [-0.3, -0.25) is 4.79 Å². The Morgan fingerprint density at radius 1 is 0.964 bits per heavy atom. The molecule has 0 spiro atoms. The molecule has 1 amide bonds. The Bertz CT molecular complexity index is 1160. The molecule has 4 rings (SSSR count). The normalized spacial score (nSPS) is 11.4. The maximum Gasteiger partial charge on any atom is 0.256 e. The summed E-state index contributed by atoms with van der Waals surface area (Å²) >= 11 is 1.71. The van der Waals surface area contributed by atoms with Crippen molar-refractivity contribution >= 4 is 45.2 Å². The first-order chi connectivity index (χ1) is 13.6. The van der Waals surface area contributed by atoms with Crippen molar-refractivity contribution in [3.63, 3.8) is 0 Å². The van der Waals surface area contributed by atoms with E-state index in [0.29, 0.717) is 5.25 Å². The summed E-state index contributed by atoms with van der Waals surface area (Å²) in [4.78, 5) is 14.0. The topological polar surface area (TPSA) is 34.0 Å². The first kappa shape index (κ1) is 18.6. The average Bonchev–Trinajstić information content (AvgIpc) is 3.01. The number of nitrogens with zero attached hydrogens (tertiary/aromatic N) is 1. The van der Waals surface area contributed by atoms with E-state index in [4.69, 9.17) is 0 Å². The SMILES string of the molecule is CCn1c2ccccc2c2cc(NC(=O)c3ccccc3SC(C)C)ccc21. The number of rotatable bonds is 5. The summed E-state index contributed by atoms with van der Waals surface area (Å²) < 4.78 is 2.31. The Kier molecular flexibility index (Phi) is 5.14. The van der Waals surface area contributed by atoms with Gasteiger partial charge < -0.3 is 9.88 Å². The Morgan fingerprint density at radius 3 is 2.46 bits per heavy atom. The molecule has 0 atom stereocenters. The van der Waals surface area contributed by atoms with Gasteiger partial charge >= 0.3 is 0 Å². The highest BCUT2D eigenvalue weighted by Crippen LogP contribution is 2.32. The van der Waals surface area contributed by atoms with Gasteiger partial charge in [-0.05, 0) is 43.3 Å². The van der Waals surface area contributed by atoms with Gasteiger partial charge in [-0.15, -0.1) is 11.8 Å². The van der Waals surface area contributed by atoms with Crippen LogP contribution in [0, 0.1) is 0 Å². The van der Waals surface area contributed by atoms with E-state index in [2.05, 4.69) is 67.1 Å². The molecule has 0 radical (unpaired) electrons. The van der Waals surface area contributed by atoms with Crippen LogP contribution in [0.4, 0.5) is 5.69 Å². The number of para-hydroxylation sites is 1. The smallest absolute Gasteiger partial charge is 0.256 e. The van der Waals surface area contributed by atoms with Crippen molar-refractivity contribution in [2.45, 2.75) is 37.5 Å². The summed E-state index contributed by atoms with van der Waals surface area (Å²) in [5, 5.41) is 5.90. The van der Waals surface area contributed by atoms with Gasteiger partial charge in [0.2, 0.25) is 0 Å². The molecule has 1 aromatic heterocycles. The van der Waals surface area contributed by atoms with Crippen LogP contribution in [0.15, 0.2) is 71.6 Å². The molecule has 0 unspecified atom stereocenters. The number of hydrogen-bond acceptors (Lipinski definition) is 2. The predicted molar refractivity (Wildman–Crippen MR) is 121 cm³/mol. The lowest BCUT2D eigenvalue weighted by atomic mass is 10.1. The zero-order chi connectivity index (χ0) is 19.7. The highest BCUT2D eigenvalue weighted by atomic mass is 32.2. The zero-order valence-corrected chi connectivity index (χ0v) is 17.2. The van der Waals surface area contributed by atoms with E-state index in [9.17, 15) is 4.79 Å². The van der Waals surface area contributed by atoms with Crippen molar-refractivity contribution in [1.82, 2.24) is 4.57 Å². The molecule has 0 bridgehead atoms. The molecule has 0 aliphatic carbocycles. The van der Waals surface area contributed by atoms with Crippen LogP contribution >= 0.6 is 11.8 Å². The van der Waals surface area contributed by atoms with Crippen molar-refractivity contribution in [3.8, 4) is 0 Å². The molecule has 0 aliphatic heterocycles. The van der Waals surface area contributed by atoms with Gasteiger partial charge in [0.1, 0.15) is 0 Å². The highest BCUT2D eigenvalue weighted by Gasteiger charge is 2.14. The first-order valence-electron chi connectivity index (χ1n) is 9.66. The van der Waals surface area contributed by atoms with E-state index in [1.54, 1.807) is 11.8 Å². The Balaban J connectivity index is 1.71. The van der Waals surface area contributed by atoms with Crippen molar-refractivity contribution in [2.24, 2.45) is 0 Å². The number of hydrogen-bond donors (Lipinski definition) is 1. The summed E-state index contributed by atoms with van der Waals surface area (Å²) in [5.74, 6) is -0.0673. The second-order valence-electron chi connectivity index (χ2n) is 7.11. The van der Waals surface area contributed by atoms with E-state index < -0.39 is 0 Å². The van der Waals surface area contributed by atoms with E-state index in [-0.39, 0.29) is 5.91 Å². The lowest BCUT2D eigenvalue weighted by Crippen LogP contribution is -2.13. The lowest BCUT2D eigenvalue weighted by molar-refractivity contribution is 0.102. The largest absolute Gasteiger partial charge is 0.341 e. The second kappa shape index (κ2) is 7.72. The minimum atomic E-state index is -0.0673. The maximum absolute atomic E-state index is 12.9. The molecule has 0 aliphatic rings. The highest BCUT2D eigenvalue weighted by molar-refractivity contribution is 8.00. The third kappa shape index (κ3) is 3.40. The van der Waals surface area contributed by atoms with Crippen LogP contribution in [0.2, 0.25) is 0 Å². The standard InChI is InChI=1S/C24H24N2OS/c1-4-26-21-11-7-5-9-18(21)20-15-17(13-14-22(20)26)25-24(27)19-10-6-8-12-23(19)28-16(2)3/h5-16H,4H2,1-3H3,(H,25,27). The zero-order valence-electron chi connectivity index (χ0n) is 16.4. The molecule has 142 valence electrons. The average molecular weight is 389 g/mol. The van der Waals surface area contributed by atoms with E-state index in [0.717, 1.165) is 22.7 Å². The van der Waals surface area contributed by atoms with Crippen LogP contribution in [0.25, 0.3) is 21.8 Å². The number of nitrogens with one attached hydrogen (secondary N) is 1. The van der Waals surface area contributed by atoms with Crippen molar-refractivity contribution in [3.05, 3.63) is 72.3 Å².